The quantitative estimate of drug-likeness (QED) is 0.254. The first kappa shape index (κ1) is 22.0. The third-order valence-corrected chi connectivity index (χ3v) is 6.08. The lowest BCUT2D eigenvalue weighted by Crippen LogP contribution is -2.20. The van der Waals surface area contributed by atoms with Crippen LogP contribution in [0.3, 0.4) is 0 Å². The lowest BCUT2D eigenvalue weighted by atomic mass is 10.1. The van der Waals surface area contributed by atoms with E-state index in [4.69, 9.17) is 0 Å². The topological polar surface area (TPSA) is 72.2 Å². The van der Waals surface area contributed by atoms with Crippen molar-refractivity contribution in [3.05, 3.63) is 52.5 Å². The number of aryl methyl sites for hydroxylation is 3. The van der Waals surface area contributed by atoms with Crippen molar-refractivity contribution in [3.63, 3.8) is 0 Å². The molecule has 0 unspecified atom stereocenters. The van der Waals surface area contributed by atoms with E-state index in [9.17, 15) is 4.79 Å². The molecule has 0 bridgehead atoms. The second-order valence-corrected chi connectivity index (χ2v) is 8.56. The van der Waals surface area contributed by atoms with Gasteiger partial charge in [0, 0.05) is 34.1 Å². The van der Waals surface area contributed by atoms with Crippen molar-refractivity contribution in [2.24, 2.45) is 5.10 Å². The minimum absolute atomic E-state index is 0.182. The van der Waals surface area contributed by atoms with Gasteiger partial charge in [0.05, 0.1) is 17.5 Å². The van der Waals surface area contributed by atoms with Crippen LogP contribution in [0.5, 0.6) is 0 Å². The summed E-state index contributed by atoms with van der Waals surface area (Å²) in [6.45, 7) is 12.5. The highest BCUT2D eigenvalue weighted by molar-refractivity contribution is 7.99. The maximum atomic E-state index is 12.2. The van der Waals surface area contributed by atoms with Gasteiger partial charge < -0.3 is 4.57 Å². The fraction of sp³-hybridized carbons (Fsp3) is 0.391. The molecule has 0 saturated carbocycles. The minimum atomic E-state index is -0.182. The number of nitrogens with one attached hydrogen (secondary N) is 1. The van der Waals surface area contributed by atoms with Crippen LogP contribution in [-0.4, -0.2) is 32.4 Å². The predicted molar refractivity (Wildman–Crippen MR) is 124 cm³/mol. The smallest absolute Gasteiger partial charge is 0.250 e. The van der Waals surface area contributed by atoms with Gasteiger partial charge in [-0.15, -0.1) is 0 Å². The molecule has 158 valence electrons. The molecule has 3 rings (SSSR count). The van der Waals surface area contributed by atoms with Crippen LogP contribution in [0.25, 0.3) is 10.9 Å². The zero-order valence-corrected chi connectivity index (χ0v) is 19.3. The number of hydrogen-bond acceptors (Lipinski definition) is 5. The van der Waals surface area contributed by atoms with Crippen LogP contribution < -0.4 is 5.43 Å². The van der Waals surface area contributed by atoms with E-state index >= 15 is 0 Å². The van der Waals surface area contributed by atoms with Crippen LogP contribution in [-0.2, 0) is 4.79 Å². The van der Waals surface area contributed by atoms with Gasteiger partial charge >= 0.3 is 0 Å². The summed E-state index contributed by atoms with van der Waals surface area (Å²) in [7, 11) is 0. The molecule has 1 amide bonds. The standard InChI is InChI=1S/C23H29N5OS/c1-7-17(5)28-18(6)20(19-10-8-9-14(2)22(19)28)12-24-27-21(29)13-30-23-25-15(3)11-16(4)26-23/h8-12,17H,7,13H2,1-6H3,(H,27,29)/b24-12+/t17-/m1/s1. The number of nitrogens with zero attached hydrogens (tertiary/aromatic N) is 4. The number of thioether (sulfide) groups is 1. The molecule has 0 fully saturated rings. The number of para-hydroxylation sites is 1. The number of hydrazone groups is 1. The molecule has 3 aromatic rings. The highest BCUT2D eigenvalue weighted by Gasteiger charge is 2.17. The first-order valence-electron chi connectivity index (χ1n) is 10.2. The van der Waals surface area contributed by atoms with Gasteiger partial charge in [0.25, 0.3) is 5.91 Å². The van der Waals surface area contributed by atoms with E-state index < -0.39 is 0 Å². The number of rotatable bonds is 7. The molecule has 1 N–H and O–H groups in total. The van der Waals surface area contributed by atoms with Crippen LogP contribution >= 0.6 is 11.8 Å². The molecule has 0 spiro atoms. The molecule has 0 radical (unpaired) electrons. The highest BCUT2D eigenvalue weighted by Crippen LogP contribution is 2.31. The molecule has 1 aromatic carbocycles. The maximum absolute atomic E-state index is 12.2. The van der Waals surface area contributed by atoms with E-state index in [0.717, 1.165) is 34.5 Å². The predicted octanol–water partition coefficient (Wildman–Crippen LogP) is 4.88. The van der Waals surface area contributed by atoms with Crippen LogP contribution in [0.2, 0.25) is 0 Å². The Morgan fingerprint density at radius 2 is 1.93 bits per heavy atom. The summed E-state index contributed by atoms with van der Waals surface area (Å²) < 4.78 is 2.38. The van der Waals surface area contributed by atoms with Crippen molar-refractivity contribution in [1.82, 2.24) is 20.0 Å². The SMILES string of the molecule is CC[C@@H](C)n1c(C)c(/C=N/NC(=O)CSc2nc(C)cc(C)n2)c2cccc(C)c21. The van der Waals surface area contributed by atoms with Crippen molar-refractivity contribution >= 4 is 34.8 Å². The molecule has 2 aromatic heterocycles. The molecule has 2 heterocycles. The highest BCUT2D eigenvalue weighted by atomic mass is 32.2. The Hall–Kier alpha value is -2.67. The van der Waals surface area contributed by atoms with Gasteiger partial charge in [-0.1, -0.05) is 36.9 Å². The Bertz CT molecular complexity index is 1080. The maximum Gasteiger partial charge on any atom is 0.250 e. The first-order chi connectivity index (χ1) is 14.3. The summed E-state index contributed by atoms with van der Waals surface area (Å²) >= 11 is 1.31. The van der Waals surface area contributed by atoms with Gasteiger partial charge in [0.1, 0.15) is 0 Å². The number of aromatic nitrogens is 3. The van der Waals surface area contributed by atoms with Crippen LogP contribution in [0.4, 0.5) is 0 Å². The molecule has 0 aliphatic heterocycles. The number of amides is 1. The number of carbonyl (C=O) groups is 1. The number of carbonyl (C=O) groups excluding carboxylic acids is 1. The molecule has 7 heteroatoms. The summed E-state index contributed by atoms with van der Waals surface area (Å²) in [5.74, 6) is 0.0333. The van der Waals surface area contributed by atoms with Crippen LogP contribution in [0.1, 0.15) is 54.5 Å². The average molecular weight is 424 g/mol. The van der Waals surface area contributed by atoms with Gasteiger partial charge in [-0.3, -0.25) is 4.79 Å². The number of benzene rings is 1. The fourth-order valence-corrected chi connectivity index (χ4v) is 4.42. The van der Waals surface area contributed by atoms with Gasteiger partial charge in [-0.25, -0.2) is 15.4 Å². The van der Waals surface area contributed by atoms with E-state index in [1.165, 1.54) is 22.8 Å². The third kappa shape index (κ3) is 4.73. The van der Waals surface area contributed by atoms with E-state index in [1.54, 1.807) is 6.21 Å². The lowest BCUT2D eigenvalue weighted by molar-refractivity contribution is -0.118. The van der Waals surface area contributed by atoms with Crippen molar-refractivity contribution < 1.29 is 4.79 Å². The van der Waals surface area contributed by atoms with Crippen molar-refractivity contribution in [3.8, 4) is 0 Å². The molecular weight excluding hydrogens is 394 g/mol. The largest absolute Gasteiger partial charge is 0.341 e. The Labute approximate surface area is 182 Å². The Balaban J connectivity index is 1.75. The van der Waals surface area contributed by atoms with E-state index in [2.05, 4.69) is 71.0 Å². The molecule has 6 nitrogen and oxygen atoms in total. The second-order valence-electron chi connectivity index (χ2n) is 7.61. The Morgan fingerprint density at radius 1 is 1.23 bits per heavy atom. The molecule has 0 aliphatic carbocycles. The lowest BCUT2D eigenvalue weighted by Gasteiger charge is -2.16. The summed E-state index contributed by atoms with van der Waals surface area (Å²) in [4.78, 5) is 20.9. The van der Waals surface area contributed by atoms with Crippen LogP contribution in [0.15, 0.2) is 34.5 Å². The Kier molecular flexibility index (Phi) is 6.92. The van der Waals surface area contributed by atoms with Crippen LogP contribution in [0, 0.1) is 27.7 Å². The molecular formula is C23H29N5OS. The summed E-state index contributed by atoms with van der Waals surface area (Å²) in [5.41, 5.74) is 9.10. The van der Waals surface area contributed by atoms with Crippen molar-refractivity contribution in [2.75, 3.05) is 5.75 Å². The molecule has 1 atom stereocenters. The number of hydrogen-bond donors (Lipinski definition) is 1. The van der Waals surface area contributed by atoms with E-state index in [0.29, 0.717) is 11.2 Å². The second kappa shape index (κ2) is 9.43. The minimum Gasteiger partial charge on any atom is -0.341 e. The van der Waals surface area contributed by atoms with E-state index in [-0.39, 0.29) is 11.7 Å². The molecule has 0 saturated heterocycles. The van der Waals surface area contributed by atoms with Gasteiger partial charge in [-0.05, 0) is 52.7 Å². The van der Waals surface area contributed by atoms with Gasteiger partial charge in [0.15, 0.2) is 5.16 Å². The summed E-state index contributed by atoms with van der Waals surface area (Å²) in [6, 6.07) is 8.61. The zero-order chi connectivity index (χ0) is 21.8. The normalized spacial score (nSPS) is 12.6. The monoisotopic (exact) mass is 423 g/mol. The summed E-state index contributed by atoms with van der Waals surface area (Å²) in [5, 5.41) is 6.00. The first-order valence-corrected chi connectivity index (χ1v) is 11.2. The van der Waals surface area contributed by atoms with Crippen molar-refractivity contribution in [2.45, 2.75) is 59.2 Å². The van der Waals surface area contributed by atoms with Gasteiger partial charge in [0.2, 0.25) is 0 Å². The van der Waals surface area contributed by atoms with Gasteiger partial charge in [-0.2, -0.15) is 5.10 Å². The average Bonchev–Trinajstić information content (AvgIpc) is 2.98. The fourth-order valence-electron chi connectivity index (χ4n) is 3.67. The zero-order valence-electron chi connectivity index (χ0n) is 18.5. The van der Waals surface area contributed by atoms with E-state index in [1.807, 2.05) is 19.9 Å². The number of fused-ring (bicyclic) bond motifs is 1. The Morgan fingerprint density at radius 3 is 2.60 bits per heavy atom. The third-order valence-electron chi connectivity index (χ3n) is 5.23. The summed E-state index contributed by atoms with van der Waals surface area (Å²) in [6.07, 6.45) is 2.80. The molecule has 0 aliphatic rings. The van der Waals surface area contributed by atoms with Crippen molar-refractivity contribution in [1.29, 1.82) is 0 Å². The molecule has 30 heavy (non-hydrogen) atoms.